The third-order valence-electron chi connectivity index (χ3n) is 7.26. The summed E-state index contributed by atoms with van der Waals surface area (Å²) in [6.45, 7) is 7.12. The van der Waals surface area contributed by atoms with Gasteiger partial charge in [-0.15, -0.1) is 0 Å². The van der Waals surface area contributed by atoms with E-state index in [1.54, 1.807) is 19.1 Å². The monoisotopic (exact) mass is 624 g/mol. The van der Waals surface area contributed by atoms with Gasteiger partial charge in [0.2, 0.25) is 11.8 Å². The van der Waals surface area contributed by atoms with E-state index in [0.29, 0.717) is 24.3 Å². The lowest BCUT2D eigenvalue weighted by molar-refractivity contribution is -0.385. The van der Waals surface area contributed by atoms with E-state index in [2.05, 4.69) is 5.32 Å². The zero-order valence-electron chi connectivity index (χ0n) is 25.8. The topological polar surface area (TPSA) is 139 Å². The average Bonchev–Trinajstić information content (AvgIpc) is 2.99. The van der Waals surface area contributed by atoms with Crippen molar-refractivity contribution >= 4 is 33.2 Å². The van der Waals surface area contributed by atoms with Crippen LogP contribution in [0.4, 0.5) is 11.4 Å². The summed E-state index contributed by atoms with van der Waals surface area (Å²) in [5.41, 5.74) is 1.84. The summed E-state index contributed by atoms with van der Waals surface area (Å²) in [5, 5.41) is 14.5. The largest absolute Gasteiger partial charge is 0.497 e. The van der Waals surface area contributed by atoms with Gasteiger partial charge in [-0.1, -0.05) is 56.2 Å². The standard InChI is InChI=1S/C32H40N4O7S/c1-6-8-18-33-32(38)29(7-2)34(21-25-11-9-10-23(3)19-25)31(37)22-35(26-13-15-27(43-5)16-14-26)44(41,42)28-17-12-24(4)30(20-28)36(39)40/h9-17,19-20,29H,6-8,18,21-22H2,1-5H3,(H,33,38). The maximum atomic E-state index is 14.2. The molecule has 0 aliphatic carbocycles. The number of unbranched alkanes of at least 4 members (excludes halogenated alkanes) is 1. The third kappa shape index (κ3) is 8.34. The lowest BCUT2D eigenvalue weighted by atomic mass is 10.1. The molecular formula is C32H40N4O7S. The molecule has 0 fully saturated rings. The van der Waals surface area contributed by atoms with Gasteiger partial charge in [0, 0.05) is 24.7 Å². The van der Waals surface area contributed by atoms with Crippen molar-refractivity contribution in [3.8, 4) is 5.75 Å². The van der Waals surface area contributed by atoms with Crippen molar-refractivity contribution in [1.82, 2.24) is 10.2 Å². The molecule has 1 unspecified atom stereocenters. The number of nitrogens with zero attached hydrogens (tertiary/aromatic N) is 3. The third-order valence-corrected chi connectivity index (χ3v) is 9.03. The molecule has 1 N–H and O–H groups in total. The Morgan fingerprint density at radius 2 is 1.73 bits per heavy atom. The van der Waals surface area contributed by atoms with Crippen LogP contribution in [0.2, 0.25) is 0 Å². The molecule has 0 heterocycles. The average molecular weight is 625 g/mol. The van der Waals surface area contributed by atoms with Crippen LogP contribution in [0.3, 0.4) is 0 Å². The molecular weight excluding hydrogens is 584 g/mol. The molecule has 3 aromatic rings. The summed E-state index contributed by atoms with van der Waals surface area (Å²) in [6.07, 6.45) is 1.96. The molecule has 3 aromatic carbocycles. The highest BCUT2D eigenvalue weighted by Crippen LogP contribution is 2.29. The molecule has 44 heavy (non-hydrogen) atoms. The second kappa shape index (κ2) is 15.3. The van der Waals surface area contributed by atoms with Gasteiger partial charge in [-0.05, 0) is 62.6 Å². The predicted molar refractivity (Wildman–Crippen MR) is 169 cm³/mol. The number of nitro groups is 1. The zero-order chi connectivity index (χ0) is 32.4. The maximum Gasteiger partial charge on any atom is 0.273 e. The van der Waals surface area contributed by atoms with E-state index in [1.807, 2.05) is 38.1 Å². The molecule has 0 aliphatic rings. The summed E-state index contributed by atoms with van der Waals surface area (Å²) in [6, 6.07) is 16.4. The number of benzene rings is 3. The minimum absolute atomic E-state index is 0.0761. The smallest absolute Gasteiger partial charge is 0.273 e. The van der Waals surface area contributed by atoms with Gasteiger partial charge in [0.15, 0.2) is 0 Å². The number of anilines is 1. The molecule has 0 saturated carbocycles. The zero-order valence-corrected chi connectivity index (χ0v) is 26.6. The Morgan fingerprint density at radius 1 is 1.02 bits per heavy atom. The Morgan fingerprint density at radius 3 is 2.32 bits per heavy atom. The molecule has 12 heteroatoms. The van der Waals surface area contributed by atoms with Gasteiger partial charge in [-0.3, -0.25) is 24.0 Å². The summed E-state index contributed by atoms with van der Waals surface area (Å²) in [7, 11) is -3.01. The van der Waals surface area contributed by atoms with E-state index >= 15 is 0 Å². The van der Waals surface area contributed by atoms with Crippen LogP contribution in [0.1, 0.15) is 49.8 Å². The lowest BCUT2D eigenvalue weighted by Crippen LogP contribution is -2.52. The number of nitrogens with one attached hydrogen (secondary N) is 1. The Balaban J connectivity index is 2.10. The highest BCUT2D eigenvalue weighted by molar-refractivity contribution is 7.92. The van der Waals surface area contributed by atoms with Crippen LogP contribution in [0.25, 0.3) is 0 Å². The molecule has 3 rings (SSSR count). The van der Waals surface area contributed by atoms with E-state index < -0.39 is 33.4 Å². The summed E-state index contributed by atoms with van der Waals surface area (Å²) in [5.74, 6) is -0.459. The van der Waals surface area contributed by atoms with Crippen molar-refractivity contribution < 1.29 is 27.7 Å². The highest BCUT2D eigenvalue weighted by Gasteiger charge is 2.34. The van der Waals surface area contributed by atoms with Gasteiger partial charge in [0.25, 0.3) is 15.7 Å². The number of carbonyl (C=O) groups excluding carboxylic acids is 2. The quantitative estimate of drug-likeness (QED) is 0.140. The second-order valence-electron chi connectivity index (χ2n) is 10.5. The van der Waals surface area contributed by atoms with Crippen LogP contribution in [0, 0.1) is 24.0 Å². The molecule has 0 spiro atoms. The van der Waals surface area contributed by atoms with Gasteiger partial charge < -0.3 is 15.0 Å². The van der Waals surface area contributed by atoms with Crippen LogP contribution in [0.15, 0.2) is 71.6 Å². The molecule has 11 nitrogen and oxygen atoms in total. The molecule has 0 bridgehead atoms. The molecule has 236 valence electrons. The summed E-state index contributed by atoms with van der Waals surface area (Å²) >= 11 is 0. The van der Waals surface area contributed by atoms with Gasteiger partial charge in [-0.25, -0.2) is 8.42 Å². The van der Waals surface area contributed by atoms with E-state index in [-0.39, 0.29) is 28.7 Å². The number of nitro benzene ring substituents is 1. The van der Waals surface area contributed by atoms with E-state index in [1.165, 1.54) is 43.2 Å². The van der Waals surface area contributed by atoms with Crippen molar-refractivity contribution in [3.05, 3.63) is 93.5 Å². The van der Waals surface area contributed by atoms with Crippen molar-refractivity contribution in [1.29, 1.82) is 0 Å². The van der Waals surface area contributed by atoms with Gasteiger partial charge in [0.05, 0.1) is 22.6 Å². The molecule has 2 amide bonds. The van der Waals surface area contributed by atoms with E-state index in [4.69, 9.17) is 4.74 Å². The number of ether oxygens (including phenoxy) is 1. The number of hydrogen-bond acceptors (Lipinski definition) is 7. The van der Waals surface area contributed by atoms with Crippen LogP contribution >= 0.6 is 0 Å². The normalized spacial score (nSPS) is 11.8. The highest BCUT2D eigenvalue weighted by atomic mass is 32.2. The number of rotatable bonds is 15. The number of hydrogen-bond donors (Lipinski definition) is 1. The van der Waals surface area contributed by atoms with Crippen LogP contribution < -0.4 is 14.4 Å². The molecule has 0 saturated heterocycles. The van der Waals surface area contributed by atoms with E-state index in [9.17, 15) is 28.1 Å². The van der Waals surface area contributed by atoms with Crippen molar-refractivity contribution in [2.45, 2.75) is 64.4 Å². The Kier molecular flexibility index (Phi) is 11.9. The summed E-state index contributed by atoms with van der Waals surface area (Å²) < 4.78 is 34.3. The molecule has 0 aromatic heterocycles. The Bertz CT molecular complexity index is 1580. The maximum absolute atomic E-state index is 14.2. The van der Waals surface area contributed by atoms with Crippen molar-refractivity contribution in [3.63, 3.8) is 0 Å². The van der Waals surface area contributed by atoms with E-state index in [0.717, 1.165) is 34.3 Å². The lowest BCUT2D eigenvalue weighted by Gasteiger charge is -2.33. The molecule has 1 atom stereocenters. The fourth-order valence-corrected chi connectivity index (χ4v) is 6.22. The van der Waals surface area contributed by atoms with Gasteiger partial charge in [0.1, 0.15) is 18.3 Å². The first-order valence-corrected chi connectivity index (χ1v) is 15.9. The van der Waals surface area contributed by atoms with Crippen molar-refractivity contribution in [2.75, 3.05) is 24.5 Å². The molecule has 0 radical (unpaired) electrons. The summed E-state index contributed by atoms with van der Waals surface area (Å²) in [4.78, 5) is 39.5. The van der Waals surface area contributed by atoms with Gasteiger partial charge >= 0.3 is 0 Å². The fraction of sp³-hybridized carbons (Fsp3) is 0.375. The fourth-order valence-electron chi connectivity index (χ4n) is 4.78. The number of sulfonamides is 1. The van der Waals surface area contributed by atoms with Crippen molar-refractivity contribution in [2.24, 2.45) is 0 Å². The SMILES string of the molecule is CCCCNC(=O)C(CC)N(Cc1cccc(C)c1)C(=O)CN(c1ccc(OC)cc1)S(=O)(=O)c1ccc(C)c([N+](=O)[O-])c1. The second-order valence-corrected chi connectivity index (χ2v) is 12.4. The first-order chi connectivity index (χ1) is 20.9. The minimum Gasteiger partial charge on any atom is -0.497 e. The first kappa shape index (κ1) is 34.0. The Hall–Kier alpha value is -4.45. The number of carbonyl (C=O) groups is 2. The minimum atomic E-state index is -4.48. The predicted octanol–water partition coefficient (Wildman–Crippen LogP) is 5.14. The first-order valence-electron chi connectivity index (χ1n) is 14.5. The van der Waals surface area contributed by atoms with Crippen LogP contribution in [-0.4, -0.2) is 56.3 Å². The number of methoxy groups -OCH3 is 1. The van der Waals surface area contributed by atoms with Crippen LogP contribution in [0.5, 0.6) is 5.75 Å². The molecule has 0 aliphatic heterocycles. The number of amides is 2. The van der Waals surface area contributed by atoms with Crippen LogP contribution in [-0.2, 0) is 26.2 Å². The Labute approximate surface area is 259 Å². The van der Waals surface area contributed by atoms with Gasteiger partial charge in [-0.2, -0.15) is 0 Å². The number of aryl methyl sites for hydroxylation is 2.